The van der Waals surface area contributed by atoms with E-state index in [-0.39, 0.29) is 11.2 Å². The van der Waals surface area contributed by atoms with Crippen LogP contribution in [0.5, 0.6) is 0 Å². The van der Waals surface area contributed by atoms with Crippen molar-refractivity contribution >= 4 is 61.2 Å². The monoisotopic (exact) mass is 666 g/mol. The van der Waals surface area contributed by atoms with Gasteiger partial charge < -0.3 is 9.31 Å². The summed E-state index contributed by atoms with van der Waals surface area (Å²) in [6, 6.07) is 31.0. The van der Waals surface area contributed by atoms with Crippen molar-refractivity contribution in [2.24, 2.45) is 0 Å². The van der Waals surface area contributed by atoms with Crippen LogP contribution in [0.4, 0.5) is 0 Å². The molecule has 1 fully saturated rings. The zero-order chi connectivity index (χ0) is 31.9. The number of pyridine rings is 4. The maximum absolute atomic E-state index is 6.15. The van der Waals surface area contributed by atoms with E-state index in [1.807, 2.05) is 42.9 Å². The van der Waals surface area contributed by atoms with Crippen molar-refractivity contribution in [2.45, 2.75) is 38.9 Å². The van der Waals surface area contributed by atoms with E-state index in [9.17, 15) is 0 Å². The first kappa shape index (κ1) is 30.2. The zero-order valence-corrected chi connectivity index (χ0v) is 27.7. The van der Waals surface area contributed by atoms with Gasteiger partial charge in [-0.15, -0.1) is 0 Å². The number of fused-ring (bicyclic) bond motifs is 5. The van der Waals surface area contributed by atoms with Crippen LogP contribution in [0.2, 0.25) is 0 Å². The number of halogens is 1. The number of benzene rings is 3. The van der Waals surface area contributed by atoms with E-state index in [4.69, 9.17) is 14.3 Å². The van der Waals surface area contributed by atoms with E-state index >= 15 is 0 Å². The van der Waals surface area contributed by atoms with Crippen molar-refractivity contribution in [3.05, 3.63) is 126 Å². The zero-order valence-electron chi connectivity index (χ0n) is 26.1. The van der Waals surface area contributed by atoms with Gasteiger partial charge in [-0.05, 0) is 104 Å². The molecule has 1 aliphatic rings. The van der Waals surface area contributed by atoms with E-state index in [0.29, 0.717) is 0 Å². The molecule has 0 bridgehead atoms. The largest absolute Gasteiger partial charge is 0.514 e. The van der Waals surface area contributed by atoms with Gasteiger partial charge in [0.05, 0.1) is 27.8 Å². The topological polar surface area (TPSA) is 70.0 Å². The van der Waals surface area contributed by atoms with E-state index in [1.165, 1.54) is 10.8 Å². The third kappa shape index (κ3) is 5.80. The second kappa shape index (κ2) is 12.0. The van der Waals surface area contributed by atoms with Gasteiger partial charge in [-0.25, -0.2) is 0 Å². The number of nitrogens with zero attached hydrogens (tertiary/aromatic N) is 4. The molecule has 6 nitrogen and oxygen atoms in total. The highest BCUT2D eigenvalue weighted by molar-refractivity contribution is 9.10. The summed E-state index contributed by atoms with van der Waals surface area (Å²) in [7, 11) is -0.448. The fraction of sp³-hybridized carbons (Fsp3) is 0.158. The quantitative estimate of drug-likeness (QED) is 0.139. The molecule has 0 amide bonds. The Hall–Kier alpha value is -4.50. The van der Waals surface area contributed by atoms with Crippen LogP contribution in [0.15, 0.2) is 126 Å². The second-order valence-electron chi connectivity index (χ2n) is 12.4. The molecule has 0 unspecified atom stereocenters. The minimum atomic E-state index is -0.448. The first-order valence-corrected chi connectivity index (χ1v) is 16.0. The fourth-order valence-corrected chi connectivity index (χ4v) is 6.18. The van der Waals surface area contributed by atoms with Crippen molar-refractivity contribution in [1.29, 1.82) is 0 Å². The van der Waals surface area contributed by atoms with Gasteiger partial charge in [0, 0.05) is 57.4 Å². The minimum Gasteiger partial charge on any atom is -0.398 e. The normalized spacial score (nSPS) is 15.2. The molecule has 0 radical (unpaired) electrons. The van der Waals surface area contributed by atoms with Gasteiger partial charge in [0.15, 0.2) is 0 Å². The Balaban J connectivity index is 0.000000157. The highest BCUT2D eigenvalue weighted by Gasteiger charge is 2.52. The lowest BCUT2D eigenvalue weighted by atomic mass is 9.83. The lowest BCUT2D eigenvalue weighted by molar-refractivity contribution is 0.00578. The van der Waals surface area contributed by atoms with Gasteiger partial charge in [-0.2, -0.15) is 0 Å². The molecule has 0 aliphatic carbocycles. The van der Waals surface area contributed by atoms with Gasteiger partial charge >= 0.3 is 7.12 Å². The van der Waals surface area contributed by atoms with Crippen LogP contribution >= 0.6 is 15.9 Å². The van der Waals surface area contributed by atoms with E-state index in [2.05, 4.69) is 125 Å². The van der Waals surface area contributed by atoms with Crippen LogP contribution < -0.4 is 5.59 Å². The average molecular weight is 667 g/mol. The first-order valence-electron chi connectivity index (χ1n) is 15.2. The summed E-state index contributed by atoms with van der Waals surface area (Å²) in [4.78, 5) is 17.6. The van der Waals surface area contributed by atoms with Crippen LogP contribution in [-0.4, -0.2) is 38.3 Å². The summed E-state index contributed by atoms with van der Waals surface area (Å²) in [6.07, 6.45) is 9.13. The molecule has 1 saturated heterocycles. The van der Waals surface area contributed by atoms with Crippen molar-refractivity contribution < 1.29 is 9.31 Å². The number of hydrogen-bond donors (Lipinski definition) is 0. The summed E-state index contributed by atoms with van der Waals surface area (Å²) in [6.45, 7) is 8.23. The molecule has 0 saturated carbocycles. The number of hydrogen-bond acceptors (Lipinski definition) is 6. The standard InChI is InChI=1S/C22H21BN2O2.C16H11BrN2/c1-21(2)22(3,4)27-23(26-21)20-12-9-17-15-7-10-18-16(6-5-13-24-18)14(15)8-11-19(17)25-20;17-16-8-14(12-3-1-5-18-10-12)7-15(9-16)13-4-2-6-19-11-13/h5-13H,1-4H3;1-11H. The molecule has 7 aromatic rings. The highest BCUT2D eigenvalue weighted by Crippen LogP contribution is 2.37. The maximum Gasteiger partial charge on any atom is 0.514 e. The second-order valence-corrected chi connectivity index (χ2v) is 13.3. The molecule has 4 aromatic heterocycles. The number of aromatic nitrogens is 4. The Labute approximate surface area is 277 Å². The summed E-state index contributed by atoms with van der Waals surface area (Å²) in [5.41, 5.74) is 6.50. The van der Waals surface area contributed by atoms with Crippen LogP contribution in [0.3, 0.4) is 0 Å². The van der Waals surface area contributed by atoms with E-state index in [0.717, 1.165) is 54.1 Å². The Morgan fingerprint density at radius 2 is 1.11 bits per heavy atom. The molecular formula is C38H32BBrN4O2. The van der Waals surface area contributed by atoms with Crippen molar-refractivity contribution in [3.63, 3.8) is 0 Å². The van der Waals surface area contributed by atoms with Gasteiger partial charge in [-0.3, -0.25) is 19.9 Å². The Bertz CT molecular complexity index is 2120. The molecule has 8 rings (SSSR count). The molecular weight excluding hydrogens is 635 g/mol. The van der Waals surface area contributed by atoms with E-state index in [1.54, 1.807) is 12.4 Å². The molecule has 226 valence electrons. The van der Waals surface area contributed by atoms with Gasteiger partial charge in [0.25, 0.3) is 0 Å². The maximum atomic E-state index is 6.15. The Morgan fingerprint density at radius 3 is 1.70 bits per heavy atom. The van der Waals surface area contributed by atoms with E-state index < -0.39 is 7.12 Å². The predicted octanol–water partition coefficient (Wildman–Crippen LogP) is 8.81. The molecule has 0 N–H and O–H groups in total. The Morgan fingerprint density at radius 1 is 0.565 bits per heavy atom. The van der Waals surface area contributed by atoms with Crippen molar-refractivity contribution in [2.75, 3.05) is 0 Å². The van der Waals surface area contributed by atoms with Gasteiger partial charge in [0.1, 0.15) is 0 Å². The minimum absolute atomic E-state index is 0.371. The summed E-state index contributed by atoms with van der Waals surface area (Å²) in [5, 5.41) is 4.66. The van der Waals surface area contributed by atoms with Crippen LogP contribution in [0, 0.1) is 0 Å². The van der Waals surface area contributed by atoms with Gasteiger partial charge in [-0.1, -0.05) is 52.3 Å². The average Bonchev–Trinajstić information content (AvgIpc) is 3.31. The van der Waals surface area contributed by atoms with Crippen LogP contribution in [-0.2, 0) is 9.31 Å². The molecule has 5 heterocycles. The molecule has 0 spiro atoms. The third-order valence-corrected chi connectivity index (χ3v) is 9.31. The first-order chi connectivity index (χ1) is 22.2. The molecule has 0 atom stereocenters. The SMILES string of the molecule is Brc1cc(-c2cccnc2)cc(-c2cccnc2)c1.CC1(C)OB(c2ccc3c(ccc4c5cccnc5ccc34)n2)OC1(C)C. The number of rotatable bonds is 3. The van der Waals surface area contributed by atoms with Crippen molar-refractivity contribution in [1.82, 2.24) is 19.9 Å². The van der Waals surface area contributed by atoms with Crippen LogP contribution in [0.25, 0.3) is 54.8 Å². The van der Waals surface area contributed by atoms with Crippen molar-refractivity contribution in [3.8, 4) is 22.3 Å². The highest BCUT2D eigenvalue weighted by atomic mass is 79.9. The lowest BCUT2D eigenvalue weighted by Crippen LogP contribution is -2.41. The summed E-state index contributed by atoms with van der Waals surface area (Å²) >= 11 is 3.57. The smallest absolute Gasteiger partial charge is 0.398 e. The molecule has 46 heavy (non-hydrogen) atoms. The van der Waals surface area contributed by atoms with Gasteiger partial charge in [0.2, 0.25) is 0 Å². The summed E-state index contributed by atoms with van der Waals surface area (Å²) < 4.78 is 13.4. The predicted molar refractivity (Wildman–Crippen MR) is 191 cm³/mol. The lowest BCUT2D eigenvalue weighted by Gasteiger charge is -2.32. The van der Waals surface area contributed by atoms with Crippen LogP contribution in [0.1, 0.15) is 27.7 Å². The molecule has 3 aromatic carbocycles. The fourth-order valence-electron chi connectivity index (χ4n) is 5.68. The Kier molecular flexibility index (Phi) is 7.89. The molecule has 1 aliphatic heterocycles. The molecule has 8 heteroatoms. The summed E-state index contributed by atoms with van der Waals surface area (Å²) in [5.74, 6) is 0. The third-order valence-electron chi connectivity index (χ3n) is 8.85.